The van der Waals surface area contributed by atoms with Gasteiger partial charge in [-0.2, -0.15) is 14.0 Å². The van der Waals surface area contributed by atoms with Crippen LogP contribution in [0.25, 0.3) is 11.1 Å². The minimum absolute atomic E-state index is 0.00782. The van der Waals surface area contributed by atoms with E-state index in [4.69, 9.17) is 15.1 Å². The van der Waals surface area contributed by atoms with Crippen molar-refractivity contribution in [3.05, 3.63) is 207 Å². The van der Waals surface area contributed by atoms with Gasteiger partial charge in [0, 0.05) is 30.3 Å². The Hall–Kier alpha value is -10.5. The average molecular weight is 1250 g/mol. The number of aliphatic hydroxyl groups is 1. The van der Waals surface area contributed by atoms with Crippen LogP contribution in [-0.2, 0) is 33.4 Å². The summed E-state index contributed by atoms with van der Waals surface area (Å²) in [5, 5.41) is 27.2. The molecule has 0 amide bonds. The summed E-state index contributed by atoms with van der Waals surface area (Å²) in [6.07, 6.45) is 6.59. The van der Waals surface area contributed by atoms with Crippen molar-refractivity contribution >= 4 is 38.0 Å². The number of nitrogens with zero attached hydrogens (tertiary/aromatic N) is 2. The molecule has 0 aliphatic carbocycles. The highest BCUT2D eigenvalue weighted by molar-refractivity contribution is 5.65. The van der Waals surface area contributed by atoms with Gasteiger partial charge in [-0.1, -0.05) is 56.0 Å². The van der Waals surface area contributed by atoms with Crippen LogP contribution in [0.4, 0.5) is 58.4 Å². The quantitative estimate of drug-likeness (QED) is 0.00816. The Morgan fingerprint density at radius 1 is 0.443 bits per heavy atom. The number of nitro benzene ring substituents is 1. The highest BCUT2D eigenvalue weighted by Crippen LogP contribution is 2.29. The van der Waals surface area contributed by atoms with Crippen molar-refractivity contribution in [2.24, 2.45) is 0 Å². The van der Waals surface area contributed by atoms with Gasteiger partial charge in [-0.05, 0) is 84.6 Å². The van der Waals surface area contributed by atoms with E-state index in [1.807, 2.05) is 48.5 Å². The first-order valence-corrected chi connectivity index (χ1v) is 24.5. The highest BCUT2D eigenvalue weighted by Gasteiger charge is 2.27. The van der Waals surface area contributed by atoms with Crippen molar-refractivity contribution in [1.82, 2.24) is 0 Å². The molecule has 0 saturated heterocycles. The van der Waals surface area contributed by atoms with Crippen LogP contribution in [0.1, 0.15) is 44.1 Å². The summed E-state index contributed by atoms with van der Waals surface area (Å²) < 4.78 is 186. The van der Waals surface area contributed by atoms with E-state index in [2.05, 4.69) is 39.2 Å². The van der Waals surface area contributed by atoms with Gasteiger partial charge in [0.15, 0.2) is 53.3 Å². The number of unbranched alkanes of at least 4 members (excludes halogenated alkanes) is 5. The van der Waals surface area contributed by atoms with Gasteiger partial charge in [0.1, 0.15) is 29.8 Å². The summed E-state index contributed by atoms with van der Waals surface area (Å²) in [7, 11) is 0. The fraction of sp³-hybridized carbons (Fsp3) is 0.172. The molecule has 30 heteroatoms. The number of carbonyl (C=O) groups excluding carboxylic acids is 5. The van der Waals surface area contributed by atoms with Crippen LogP contribution >= 0.6 is 0 Å². The summed E-state index contributed by atoms with van der Waals surface area (Å²) in [5.41, 5.74) is 2.84. The number of non-ortho nitro benzene ring substituents is 1. The normalized spacial score (nSPS) is 9.77. The summed E-state index contributed by atoms with van der Waals surface area (Å²) in [4.78, 5) is 58.7. The number of halogens is 12. The SMILES string of the molecule is N#Cc1ccc(-c2ccc(OCCCCCCCCOC=O)cc2)cc1.O=COc1c(F)cccc1F.O=COc1cc(F)c(F)c(F)c1.O=COc1ccc(F)c(F)c1.O=COc1ccc([N+](=O)[O-])cc1.OCOCOc1c(F)c(F)c(F)c(F)c1F. The molecule has 7 aromatic carbocycles. The van der Waals surface area contributed by atoms with Crippen LogP contribution in [0, 0.1) is 91.3 Å². The fourth-order valence-electron chi connectivity index (χ4n) is 6.17. The molecule has 0 atom stereocenters. The molecule has 0 spiro atoms. The zero-order valence-corrected chi connectivity index (χ0v) is 45.0. The molecule has 88 heavy (non-hydrogen) atoms. The monoisotopic (exact) mass is 1250 g/mol. The first kappa shape index (κ1) is 73.6. The number of rotatable bonds is 25. The summed E-state index contributed by atoms with van der Waals surface area (Å²) in [5.74, 6) is -20.2. The van der Waals surface area contributed by atoms with E-state index >= 15 is 0 Å². The summed E-state index contributed by atoms with van der Waals surface area (Å²) >= 11 is 0. The predicted octanol–water partition coefficient (Wildman–Crippen LogP) is 12.6. The van der Waals surface area contributed by atoms with Gasteiger partial charge >= 0.3 is 0 Å². The van der Waals surface area contributed by atoms with Crippen LogP contribution in [0.2, 0.25) is 0 Å². The molecule has 0 unspecified atom stereocenters. The maximum Gasteiger partial charge on any atom is 0.298 e. The van der Waals surface area contributed by atoms with E-state index < -0.39 is 99.8 Å². The van der Waals surface area contributed by atoms with E-state index in [0.717, 1.165) is 79.5 Å². The second-order valence-electron chi connectivity index (χ2n) is 16.1. The van der Waals surface area contributed by atoms with Crippen LogP contribution in [0.3, 0.4) is 0 Å². The van der Waals surface area contributed by atoms with Crippen molar-refractivity contribution in [3.63, 3.8) is 0 Å². The Morgan fingerprint density at radius 2 is 0.898 bits per heavy atom. The Bertz CT molecular complexity index is 3290. The van der Waals surface area contributed by atoms with Gasteiger partial charge in [0.25, 0.3) is 38.0 Å². The lowest BCUT2D eigenvalue weighted by Gasteiger charge is -2.09. The zero-order valence-electron chi connectivity index (χ0n) is 45.0. The van der Waals surface area contributed by atoms with Crippen molar-refractivity contribution in [2.75, 3.05) is 26.8 Å². The smallest absolute Gasteiger partial charge is 0.298 e. The van der Waals surface area contributed by atoms with E-state index in [0.29, 0.717) is 30.8 Å². The Balaban J connectivity index is 0.000000374. The Labute approximate surface area is 490 Å². The number of ether oxygens (including phenoxy) is 8. The van der Waals surface area contributed by atoms with Crippen LogP contribution in [0.5, 0.6) is 34.5 Å². The molecule has 0 aliphatic rings. The number of hydrogen-bond acceptors (Lipinski definition) is 17. The van der Waals surface area contributed by atoms with Crippen molar-refractivity contribution in [1.29, 1.82) is 5.26 Å². The molecule has 0 aliphatic heterocycles. The lowest BCUT2D eigenvalue weighted by Crippen LogP contribution is -2.10. The van der Waals surface area contributed by atoms with Crippen LogP contribution in [0.15, 0.2) is 121 Å². The second-order valence-corrected chi connectivity index (χ2v) is 16.1. The third kappa shape index (κ3) is 26.6. The topological polar surface area (TPSA) is 246 Å². The first-order valence-electron chi connectivity index (χ1n) is 24.5. The van der Waals surface area contributed by atoms with Crippen LogP contribution in [-0.4, -0.2) is 69.2 Å². The molecule has 0 saturated carbocycles. The number of benzene rings is 7. The first-order chi connectivity index (χ1) is 42.2. The standard InChI is InChI=1S/C22H25NO3.C8H5F5O3.C7H3F3O2.2C7H4F2O2.C7H5NO4/c23-17-19-7-9-20(10-8-19)21-11-13-22(14-12-21)26-16-6-4-2-1-3-5-15-25-18-24;9-3-4(10)6(12)8(7(13)5(3)11)16-2-15-1-14;8-5-1-4(12-3-11)2-6(9)7(5)10;8-6-2-1-5(11-4-10)3-7(6)9;8-5-2-1-3-6(9)7(5)11-4-10;9-5-12-7-3-1-6(2-4-7)8(10)11/h7-14,18H,1-6,15-16H2;14H,1-2H2;1-3H;2*1-4H;1-5H. The molecule has 7 rings (SSSR count). The van der Waals surface area contributed by atoms with Gasteiger partial charge in [-0.3, -0.25) is 34.1 Å². The van der Waals surface area contributed by atoms with Gasteiger partial charge in [-0.15, -0.1) is 0 Å². The highest BCUT2D eigenvalue weighted by atomic mass is 19.2. The van der Waals surface area contributed by atoms with Crippen LogP contribution < -0.4 is 28.4 Å². The zero-order chi connectivity index (χ0) is 65.4. The van der Waals surface area contributed by atoms with Gasteiger partial charge in [0.2, 0.25) is 34.8 Å². The Morgan fingerprint density at radius 3 is 1.39 bits per heavy atom. The molecular weight excluding hydrogens is 1210 g/mol. The fourth-order valence-corrected chi connectivity index (χ4v) is 6.17. The van der Waals surface area contributed by atoms with Gasteiger partial charge in [0.05, 0.1) is 29.8 Å². The lowest BCUT2D eigenvalue weighted by molar-refractivity contribution is -0.384. The molecule has 0 heterocycles. The molecule has 0 radical (unpaired) electrons. The average Bonchev–Trinajstić information content (AvgIpc) is 3.70. The number of hydrogen-bond donors (Lipinski definition) is 1. The summed E-state index contributed by atoms with van der Waals surface area (Å²) in [6, 6.07) is 30.2. The minimum atomic E-state index is -2.27. The maximum atomic E-state index is 12.9. The number of carbonyl (C=O) groups is 5. The number of aliphatic hydroxyl groups excluding tert-OH is 1. The van der Waals surface area contributed by atoms with E-state index in [-0.39, 0.29) is 48.8 Å². The van der Waals surface area contributed by atoms with E-state index in [1.165, 1.54) is 43.2 Å². The van der Waals surface area contributed by atoms with Gasteiger partial charge in [-0.25, -0.2) is 43.9 Å². The molecule has 0 bridgehead atoms. The molecular formula is C58H46F12N2O16. The molecule has 1 N–H and O–H groups in total. The van der Waals surface area contributed by atoms with Gasteiger partial charge < -0.3 is 43.0 Å². The van der Waals surface area contributed by atoms with E-state index in [1.54, 1.807) is 0 Å². The number of nitro groups is 1. The Kier molecular flexibility index (Phi) is 34.7. The number of para-hydroxylation sites is 1. The van der Waals surface area contributed by atoms with Crippen molar-refractivity contribution in [2.45, 2.75) is 38.5 Å². The second kappa shape index (κ2) is 41.5. The molecule has 468 valence electrons. The number of nitriles is 1. The maximum absolute atomic E-state index is 12.9. The van der Waals surface area contributed by atoms with Crippen molar-refractivity contribution < 1.29 is 125 Å². The molecule has 0 aromatic heterocycles. The summed E-state index contributed by atoms with van der Waals surface area (Å²) in [6.45, 7) is 0.468. The lowest BCUT2D eigenvalue weighted by atomic mass is 10.0. The third-order valence-electron chi connectivity index (χ3n) is 10.3. The largest absolute Gasteiger partial charge is 0.494 e. The molecule has 18 nitrogen and oxygen atoms in total. The molecule has 0 fully saturated rings. The molecule has 7 aromatic rings. The van der Waals surface area contributed by atoms with E-state index in [9.17, 15) is 86.8 Å². The van der Waals surface area contributed by atoms with Crippen molar-refractivity contribution in [3.8, 4) is 51.7 Å². The predicted molar refractivity (Wildman–Crippen MR) is 281 cm³/mol. The third-order valence-corrected chi connectivity index (χ3v) is 10.3. The minimum Gasteiger partial charge on any atom is -0.494 e.